The minimum absolute atomic E-state index is 0.184. The second-order valence-electron chi connectivity index (χ2n) is 4.56. The van der Waals surface area contributed by atoms with Gasteiger partial charge in [-0.05, 0) is 20.8 Å². The first-order valence-electron chi connectivity index (χ1n) is 5.13. The van der Waals surface area contributed by atoms with Gasteiger partial charge in [-0.1, -0.05) is 0 Å². The van der Waals surface area contributed by atoms with Crippen LogP contribution in [0.3, 0.4) is 0 Å². The number of rotatable bonds is 2. The fourth-order valence-electron chi connectivity index (χ4n) is 2.13. The molecule has 0 aromatic rings. The van der Waals surface area contributed by atoms with Crippen LogP contribution in [0, 0.1) is 0 Å². The van der Waals surface area contributed by atoms with Gasteiger partial charge >= 0.3 is 0 Å². The summed E-state index contributed by atoms with van der Waals surface area (Å²) in [6.07, 6.45) is 0. The molecule has 4 heteroatoms. The third-order valence-electron chi connectivity index (χ3n) is 3.14. The highest BCUT2D eigenvalue weighted by Gasteiger charge is 2.41. The van der Waals surface area contributed by atoms with E-state index in [-0.39, 0.29) is 11.9 Å². The summed E-state index contributed by atoms with van der Waals surface area (Å²) in [5, 5.41) is 0. The first kappa shape index (κ1) is 11.5. The molecule has 0 aliphatic carbocycles. The molecule has 1 saturated heterocycles. The number of likely N-dealkylation sites (N-methyl/N-ethyl adjacent to an activating group) is 1. The Kier molecular flexibility index (Phi) is 3.17. The summed E-state index contributed by atoms with van der Waals surface area (Å²) in [5.74, 6) is 0.184. The van der Waals surface area contributed by atoms with Crippen LogP contribution in [0.1, 0.15) is 20.8 Å². The molecule has 0 aromatic carbocycles. The molecule has 1 fully saturated rings. The van der Waals surface area contributed by atoms with Gasteiger partial charge in [0.05, 0.1) is 5.54 Å². The van der Waals surface area contributed by atoms with Gasteiger partial charge in [-0.25, -0.2) is 0 Å². The van der Waals surface area contributed by atoms with Crippen LogP contribution in [-0.4, -0.2) is 54.0 Å². The summed E-state index contributed by atoms with van der Waals surface area (Å²) in [5.41, 5.74) is 5.23. The van der Waals surface area contributed by atoms with E-state index in [9.17, 15) is 4.79 Å². The van der Waals surface area contributed by atoms with Gasteiger partial charge in [-0.3, -0.25) is 9.69 Å². The van der Waals surface area contributed by atoms with Crippen LogP contribution < -0.4 is 5.73 Å². The van der Waals surface area contributed by atoms with Crippen LogP contribution in [0.2, 0.25) is 0 Å². The SMILES string of the molecule is CC(CN)N1CCN(C)C(=O)C1(C)C. The van der Waals surface area contributed by atoms with Crippen molar-refractivity contribution < 1.29 is 4.79 Å². The number of amides is 1. The van der Waals surface area contributed by atoms with Gasteiger partial charge in [-0.15, -0.1) is 0 Å². The zero-order chi connectivity index (χ0) is 10.9. The molecule has 2 N–H and O–H groups in total. The predicted molar refractivity (Wildman–Crippen MR) is 56.9 cm³/mol. The molecule has 4 nitrogen and oxygen atoms in total. The van der Waals surface area contributed by atoms with Crippen LogP contribution in [0.4, 0.5) is 0 Å². The van der Waals surface area contributed by atoms with E-state index in [1.807, 2.05) is 20.9 Å². The Hall–Kier alpha value is -0.610. The first-order chi connectivity index (χ1) is 6.41. The lowest BCUT2D eigenvalue weighted by Crippen LogP contribution is -2.65. The minimum Gasteiger partial charge on any atom is -0.343 e. The smallest absolute Gasteiger partial charge is 0.242 e. The molecule has 0 aromatic heterocycles. The fourth-order valence-corrected chi connectivity index (χ4v) is 2.13. The second kappa shape index (κ2) is 3.87. The molecule has 0 radical (unpaired) electrons. The number of hydrogen-bond acceptors (Lipinski definition) is 3. The van der Waals surface area contributed by atoms with Gasteiger partial charge in [0.15, 0.2) is 0 Å². The second-order valence-corrected chi connectivity index (χ2v) is 4.56. The number of nitrogens with zero attached hydrogens (tertiary/aromatic N) is 2. The summed E-state index contributed by atoms with van der Waals surface area (Å²) < 4.78 is 0. The maximum atomic E-state index is 11.9. The highest BCUT2D eigenvalue weighted by Crippen LogP contribution is 2.23. The Morgan fingerprint density at radius 2 is 2.07 bits per heavy atom. The van der Waals surface area contributed by atoms with Crippen molar-refractivity contribution in [1.82, 2.24) is 9.80 Å². The maximum absolute atomic E-state index is 11.9. The van der Waals surface area contributed by atoms with E-state index in [1.165, 1.54) is 0 Å². The predicted octanol–water partition coefficient (Wildman–Crippen LogP) is -0.114. The largest absolute Gasteiger partial charge is 0.343 e. The van der Waals surface area contributed by atoms with Gasteiger partial charge in [-0.2, -0.15) is 0 Å². The van der Waals surface area contributed by atoms with Gasteiger partial charge in [0.2, 0.25) is 5.91 Å². The van der Waals surface area contributed by atoms with E-state index < -0.39 is 5.54 Å². The third-order valence-corrected chi connectivity index (χ3v) is 3.14. The molecule has 1 atom stereocenters. The van der Waals surface area contributed by atoms with Gasteiger partial charge in [0.1, 0.15) is 0 Å². The summed E-state index contributed by atoms with van der Waals surface area (Å²) in [4.78, 5) is 15.9. The average Bonchev–Trinajstić information content (AvgIpc) is 2.13. The van der Waals surface area contributed by atoms with Crippen molar-refractivity contribution in [2.75, 3.05) is 26.7 Å². The molecule has 1 unspecified atom stereocenters. The Balaban J connectivity index is 2.84. The van der Waals surface area contributed by atoms with Gasteiger partial charge in [0, 0.05) is 32.7 Å². The van der Waals surface area contributed by atoms with Crippen LogP contribution in [-0.2, 0) is 4.79 Å². The van der Waals surface area contributed by atoms with Crippen molar-refractivity contribution in [2.45, 2.75) is 32.4 Å². The number of nitrogens with two attached hydrogens (primary N) is 1. The van der Waals surface area contributed by atoms with E-state index in [4.69, 9.17) is 5.73 Å². The highest BCUT2D eigenvalue weighted by molar-refractivity contribution is 5.86. The lowest BCUT2D eigenvalue weighted by Gasteiger charge is -2.47. The van der Waals surface area contributed by atoms with E-state index in [0.29, 0.717) is 6.54 Å². The number of carbonyl (C=O) groups excluding carboxylic acids is 1. The van der Waals surface area contributed by atoms with Crippen molar-refractivity contribution >= 4 is 5.91 Å². The molecular weight excluding hydrogens is 178 g/mol. The van der Waals surface area contributed by atoms with E-state index in [2.05, 4.69) is 11.8 Å². The normalized spacial score (nSPS) is 25.2. The Bertz CT molecular complexity index is 227. The average molecular weight is 199 g/mol. The molecule has 1 amide bonds. The number of carbonyl (C=O) groups is 1. The molecule has 0 bridgehead atoms. The summed E-state index contributed by atoms with van der Waals surface area (Å²) >= 11 is 0. The Morgan fingerprint density at radius 3 is 2.57 bits per heavy atom. The summed E-state index contributed by atoms with van der Waals surface area (Å²) in [7, 11) is 1.86. The number of piperazine rings is 1. The Labute approximate surface area is 86.0 Å². The van der Waals surface area contributed by atoms with Crippen molar-refractivity contribution in [1.29, 1.82) is 0 Å². The third kappa shape index (κ3) is 1.77. The lowest BCUT2D eigenvalue weighted by atomic mass is 9.96. The minimum atomic E-state index is -0.411. The lowest BCUT2D eigenvalue weighted by molar-refractivity contribution is -0.149. The molecular formula is C10H21N3O. The van der Waals surface area contributed by atoms with E-state index >= 15 is 0 Å². The first-order valence-corrected chi connectivity index (χ1v) is 5.13. The summed E-state index contributed by atoms with van der Waals surface area (Å²) in [6.45, 7) is 8.31. The fraction of sp³-hybridized carbons (Fsp3) is 0.900. The molecule has 1 aliphatic heterocycles. The summed E-state index contributed by atoms with van der Waals surface area (Å²) in [6, 6.07) is 0.266. The zero-order valence-electron chi connectivity index (χ0n) is 9.58. The quantitative estimate of drug-likeness (QED) is 0.675. The van der Waals surface area contributed by atoms with Crippen LogP contribution >= 0.6 is 0 Å². The van der Waals surface area contributed by atoms with Crippen LogP contribution in [0.15, 0.2) is 0 Å². The topological polar surface area (TPSA) is 49.6 Å². The molecule has 0 saturated carbocycles. The van der Waals surface area contributed by atoms with Crippen molar-refractivity contribution in [2.24, 2.45) is 5.73 Å². The zero-order valence-corrected chi connectivity index (χ0v) is 9.58. The standard InChI is InChI=1S/C10H21N3O/c1-8(7-11)13-6-5-12(4)9(14)10(13,2)3/h8H,5-7,11H2,1-4H3. The van der Waals surface area contributed by atoms with Gasteiger partial charge in [0.25, 0.3) is 0 Å². The van der Waals surface area contributed by atoms with Crippen LogP contribution in [0.25, 0.3) is 0 Å². The maximum Gasteiger partial charge on any atom is 0.242 e. The molecule has 1 rings (SSSR count). The molecule has 0 spiro atoms. The molecule has 14 heavy (non-hydrogen) atoms. The van der Waals surface area contributed by atoms with Crippen LogP contribution in [0.5, 0.6) is 0 Å². The monoisotopic (exact) mass is 199 g/mol. The van der Waals surface area contributed by atoms with Crippen molar-refractivity contribution in [3.8, 4) is 0 Å². The van der Waals surface area contributed by atoms with E-state index in [0.717, 1.165) is 13.1 Å². The Morgan fingerprint density at radius 1 is 1.50 bits per heavy atom. The van der Waals surface area contributed by atoms with Crippen molar-refractivity contribution in [3.05, 3.63) is 0 Å². The highest BCUT2D eigenvalue weighted by atomic mass is 16.2. The number of hydrogen-bond donors (Lipinski definition) is 1. The molecule has 1 heterocycles. The van der Waals surface area contributed by atoms with Crippen molar-refractivity contribution in [3.63, 3.8) is 0 Å². The molecule has 1 aliphatic rings. The van der Waals surface area contributed by atoms with E-state index in [1.54, 1.807) is 4.90 Å². The van der Waals surface area contributed by atoms with Gasteiger partial charge < -0.3 is 10.6 Å². The molecule has 82 valence electrons.